The number of hydrogen-bond donors (Lipinski definition) is 2. The van der Waals surface area contributed by atoms with Gasteiger partial charge in [0.05, 0.1) is 11.5 Å². The van der Waals surface area contributed by atoms with Crippen molar-refractivity contribution in [2.45, 2.75) is 70.6 Å². The fourth-order valence-corrected chi connectivity index (χ4v) is 3.37. The number of rotatable bonds is 2. The van der Waals surface area contributed by atoms with Crippen molar-refractivity contribution in [3.05, 3.63) is 0 Å². The highest BCUT2D eigenvalue weighted by Gasteiger charge is 2.35. The summed E-state index contributed by atoms with van der Waals surface area (Å²) in [5.74, 6) is 0.762. The Morgan fingerprint density at radius 3 is 2.74 bits per heavy atom. The average Bonchev–Trinajstić information content (AvgIpc) is 2.31. The van der Waals surface area contributed by atoms with Crippen LogP contribution in [-0.2, 0) is 9.53 Å². The molecule has 1 aliphatic carbocycles. The van der Waals surface area contributed by atoms with Crippen LogP contribution < -0.4 is 11.1 Å². The molecule has 4 nitrogen and oxygen atoms in total. The molecular weight excluding hydrogens is 240 g/mol. The van der Waals surface area contributed by atoms with Crippen molar-refractivity contribution in [3.8, 4) is 0 Å². The molecule has 1 aliphatic heterocycles. The molecule has 2 aliphatic rings. The van der Waals surface area contributed by atoms with Gasteiger partial charge in [0.25, 0.3) is 0 Å². The van der Waals surface area contributed by atoms with E-state index in [1.807, 2.05) is 0 Å². The second-order valence-electron chi connectivity index (χ2n) is 7.00. The highest BCUT2D eigenvalue weighted by Crippen LogP contribution is 2.29. The molecule has 4 heteroatoms. The third-order valence-corrected chi connectivity index (χ3v) is 4.55. The Bertz CT molecular complexity index is 330. The Hall–Kier alpha value is -0.610. The largest absolute Gasteiger partial charge is 0.375 e. The normalized spacial score (nSPS) is 38.7. The highest BCUT2D eigenvalue weighted by atomic mass is 16.5. The number of carbonyl (C=O) groups is 1. The van der Waals surface area contributed by atoms with Crippen molar-refractivity contribution in [1.29, 1.82) is 0 Å². The van der Waals surface area contributed by atoms with Crippen molar-refractivity contribution >= 4 is 5.91 Å². The van der Waals surface area contributed by atoms with Crippen LogP contribution in [0.25, 0.3) is 0 Å². The van der Waals surface area contributed by atoms with Gasteiger partial charge in [-0.05, 0) is 51.9 Å². The molecule has 0 aromatic heterocycles. The molecule has 0 radical (unpaired) electrons. The molecule has 1 saturated heterocycles. The van der Waals surface area contributed by atoms with E-state index >= 15 is 0 Å². The quantitative estimate of drug-likeness (QED) is 0.803. The lowest BCUT2D eigenvalue weighted by molar-refractivity contribution is -0.129. The van der Waals surface area contributed by atoms with E-state index in [2.05, 4.69) is 26.1 Å². The zero-order chi connectivity index (χ0) is 14.0. The van der Waals surface area contributed by atoms with Crippen molar-refractivity contribution in [2.75, 3.05) is 6.61 Å². The Balaban J connectivity index is 1.89. The van der Waals surface area contributed by atoms with Gasteiger partial charge in [-0.3, -0.25) is 4.79 Å². The molecule has 1 saturated carbocycles. The van der Waals surface area contributed by atoms with Crippen LogP contribution in [0.4, 0.5) is 0 Å². The van der Waals surface area contributed by atoms with Gasteiger partial charge >= 0.3 is 0 Å². The van der Waals surface area contributed by atoms with E-state index in [1.54, 1.807) is 0 Å². The Kier molecular flexibility index (Phi) is 4.51. The number of amides is 1. The van der Waals surface area contributed by atoms with Crippen LogP contribution in [0.2, 0.25) is 0 Å². The summed E-state index contributed by atoms with van der Waals surface area (Å²) in [7, 11) is 0. The van der Waals surface area contributed by atoms with Crippen LogP contribution in [0.5, 0.6) is 0 Å². The van der Waals surface area contributed by atoms with Crippen molar-refractivity contribution in [2.24, 2.45) is 17.6 Å². The molecule has 0 aromatic carbocycles. The van der Waals surface area contributed by atoms with Crippen LogP contribution in [0.15, 0.2) is 0 Å². The van der Waals surface area contributed by atoms with Gasteiger partial charge in [-0.25, -0.2) is 0 Å². The lowest BCUT2D eigenvalue weighted by atomic mass is 9.78. The Labute approximate surface area is 116 Å². The summed E-state index contributed by atoms with van der Waals surface area (Å²) < 4.78 is 5.68. The van der Waals surface area contributed by atoms with E-state index in [0.717, 1.165) is 38.7 Å². The first-order valence-corrected chi connectivity index (χ1v) is 7.57. The summed E-state index contributed by atoms with van der Waals surface area (Å²) in [5, 5.41) is 3.20. The van der Waals surface area contributed by atoms with E-state index in [4.69, 9.17) is 10.5 Å². The van der Waals surface area contributed by atoms with Crippen LogP contribution in [0.3, 0.4) is 0 Å². The zero-order valence-electron chi connectivity index (χ0n) is 12.4. The summed E-state index contributed by atoms with van der Waals surface area (Å²) in [6.45, 7) is 7.11. The maximum absolute atomic E-state index is 12.4. The predicted octanol–water partition coefficient (Wildman–Crippen LogP) is 1.82. The van der Waals surface area contributed by atoms with Gasteiger partial charge < -0.3 is 15.8 Å². The van der Waals surface area contributed by atoms with Gasteiger partial charge in [0.1, 0.15) is 0 Å². The van der Waals surface area contributed by atoms with E-state index in [-0.39, 0.29) is 29.5 Å². The van der Waals surface area contributed by atoms with Crippen LogP contribution >= 0.6 is 0 Å². The molecular formula is C15H28N2O2. The summed E-state index contributed by atoms with van der Waals surface area (Å²) in [6.07, 6.45) is 4.84. The second kappa shape index (κ2) is 5.80. The minimum Gasteiger partial charge on any atom is -0.375 e. The number of ether oxygens (including phenoxy) is 1. The third kappa shape index (κ3) is 3.93. The summed E-state index contributed by atoms with van der Waals surface area (Å²) in [4.78, 5) is 12.4. The second-order valence-corrected chi connectivity index (χ2v) is 7.00. The predicted molar refractivity (Wildman–Crippen MR) is 75.7 cm³/mol. The maximum Gasteiger partial charge on any atom is 0.224 e. The molecule has 19 heavy (non-hydrogen) atoms. The number of nitrogens with two attached hydrogens (primary N) is 1. The molecule has 4 unspecified atom stereocenters. The van der Waals surface area contributed by atoms with Gasteiger partial charge in [0.15, 0.2) is 0 Å². The molecule has 0 bridgehead atoms. The summed E-state index contributed by atoms with van der Waals surface area (Å²) in [6, 6.07) is 0.268. The van der Waals surface area contributed by atoms with Crippen LogP contribution in [0, 0.1) is 11.8 Å². The van der Waals surface area contributed by atoms with Crippen molar-refractivity contribution in [3.63, 3.8) is 0 Å². The van der Waals surface area contributed by atoms with E-state index < -0.39 is 0 Å². The average molecular weight is 268 g/mol. The van der Waals surface area contributed by atoms with E-state index in [9.17, 15) is 4.79 Å². The standard InChI is InChI=1S/C15H28N2O2/c1-10-4-5-13(16)12(8-10)14(18)17-11-6-7-19-15(2,3)9-11/h10-13H,4-9,16H2,1-3H3,(H,17,18). The molecule has 4 atom stereocenters. The maximum atomic E-state index is 12.4. The number of hydrogen-bond acceptors (Lipinski definition) is 3. The summed E-state index contributed by atoms with van der Waals surface area (Å²) in [5.41, 5.74) is 5.99. The fourth-order valence-electron chi connectivity index (χ4n) is 3.37. The minimum atomic E-state index is -0.127. The van der Waals surface area contributed by atoms with Crippen molar-refractivity contribution in [1.82, 2.24) is 5.32 Å². The Morgan fingerprint density at radius 1 is 1.32 bits per heavy atom. The van der Waals surface area contributed by atoms with Crippen LogP contribution in [0.1, 0.15) is 52.9 Å². The monoisotopic (exact) mass is 268 g/mol. The molecule has 2 fully saturated rings. The molecule has 0 spiro atoms. The van der Waals surface area contributed by atoms with Gasteiger partial charge in [-0.2, -0.15) is 0 Å². The third-order valence-electron chi connectivity index (χ3n) is 4.55. The van der Waals surface area contributed by atoms with Crippen molar-refractivity contribution < 1.29 is 9.53 Å². The fraction of sp³-hybridized carbons (Fsp3) is 0.933. The first-order valence-electron chi connectivity index (χ1n) is 7.57. The Morgan fingerprint density at radius 2 is 2.05 bits per heavy atom. The number of carbonyl (C=O) groups excluding carboxylic acids is 1. The minimum absolute atomic E-state index is 0.00490. The first kappa shape index (κ1) is 14.8. The molecule has 0 aromatic rings. The molecule has 2 rings (SSSR count). The van der Waals surface area contributed by atoms with Gasteiger partial charge in [0.2, 0.25) is 5.91 Å². The molecule has 1 heterocycles. The lowest BCUT2D eigenvalue weighted by Crippen LogP contribution is -2.51. The van der Waals surface area contributed by atoms with Gasteiger partial charge in [-0.1, -0.05) is 6.92 Å². The smallest absolute Gasteiger partial charge is 0.224 e. The molecule has 3 N–H and O–H groups in total. The molecule has 110 valence electrons. The topological polar surface area (TPSA) is 64.4 Å². The first-order chi connectivity index (χ1) is 8.87. The van der Waals surface area contributed by atoms with E-state index in [0.29, 0.717) is 5.92 Å². The lowest BCUT2D eigenvalue weighted by Gasteiger charge is -2.38. The summed E-state index contributed by atoms with van der Waals surface area (Å²) >= 11 is 0. The highest BCUT2D eigenvalue weighted by molar-refractivity contribution is 5.79. The van der Waals surface area contributed by atoms with E-state index in [1.165, 1.54) is 0 Å². The molecule has 1 amide bonds. The number of nitrogens with one attached hydrogen (secondary N) is 1. The van der Waals surface area contributed by atoms with Crippen LogP contribution in [-0.4, -0.2) is 30.2 Å². The van der Waals surface area contributed by atoms with Gasteiger partial charge in [0, 0.05) is 18.7 Å². The zero-order valence-corrected chi connectivity index (χ0v) is 12.4. The van der Waals surface area contributed by atoms with Gasteiger partial charge in [-0.15, -0.1) is 0 Å². The SMILES string of the molecule is CC1CCC(N)C(C(=O)NC2CCOC(C)(C)C2)C1.